The van der Waals surface area contributed by atoms with E-state index in [0.29, 0.717) is 17.9 Å². The molecule has 6 nitrogen and oxygen atoms in total. The first-order valence-electron chi connectivity index (χ1n) is 9.27. The molecule has 0 saturated heterocycles. The van der Waals surface area contributed by atoms with Crippen LogP contribution in [0.3, 0.4) is 0 Å². The van der Waals surface area contributed by atoms with Crippen LogP contribution in [0.2, 0.25) is 0 Å². The van der Waals surface area contributed by atoms with Crippen molar-refractivity contribution in [2.24, 2.45) is 0 Å². The number of rotatable bonds is 6. The molecule has 1 heterocycles. The van der Waals surface area contributed by atoms with Gasteiger partial charge in [-0.05, 0) is 37.6 Å². The van der Waals surface area contributed by atoms with E-state index in [1.165, 1.54) is 0 Å². The Balaban J connectivity index is 2.18. The Morgan fingerprint density at radius 2 is 2.04 bits per heavy atom. The maximum Gasteiger partial charge on any atom is 0.411 e. The molecule has 0 saturated carbocycles. The Morgan fingerprint density at radius 1 is 1.21 bits per heavy atom. The van der Waals surface area contributed by atoms with Crippen molar-refractivity contribution in [3.8, 4) is 23.1 Å². The van der Waals surface area contributed by atoms with Gasteiger partial charge in [0, 0.05) is 29.2 Å². The lowest BCUT2D eigenvalue weighted by molar-refractivity contribution is 0.168. The minimum absolute atomic E-state index is 0.302. The van der Waals surface area contributed by atoms with Crippen molar-refractivity contribution in [1.82, 2.24) is 4.57 Å². The monoisotopic (exact) mass is 377 g/mol. The van der Waals surface area contributed by atoms with Crippen LogP contribution < -0.4 is 10.1 Å². The number of fused-ring (bicyclic) bond motifs is 1. The van der Waals surface area contributed by atoms with Gasteiger partial charge in [0.25, 0.3) is 0 Å². The van der Waals surface area contributed by atoms with Gasteiger partial charge in [-0.15, -0.1) is 0 Å². The highest BCUT2D eigenvalue weighted by Crippen LogP contribution is 2.36. The number of carbonyl (C=O) groups is 1. The lowest BCUT2D eigenvalue weighted by Gasteiger charge is -2.12. The van der Waals surface area contributed by atoms with E-state index < -0.39 is 6.09 Å². The summed E-state index contributed by atoms with van der Waals surface area (Å²) in [5.74, 6) is 0.746. The molecular formula is C22H23N3O3. The van der Waals surface area contributed by atoms with Crippen LogP contribution in [0.15, 0.2) is 42.5 Å². The highest BCUT2D eigenvalue weighted by molar-refractivity contribution is 5.96. The smallest absolute Gasteiger partial charge is 0.411 e. The Bertz CT molecular complexity index is 1050. The van der Waals surface area contributed by atoms with E-state index in [9.17, 15) is 10.1 Å². The molecule has 3 rings (SSSR count). The fraction of sp³-hybridized carbons (Fsp3) is 0.273. The maximum absolute atomic E-state index is 11.8. The van der Waals surface area contributed by atoms with Crippen LogP contribution in [0.4, 0.5) is 10.5 Å². The van der Waals surface area contributed by atoms with Gasteiger partial charge in [0.1, 0.15) is 11.8 Å². The summed E-state index contributed by atoms with van der Waals surface area (Å²) in [5.41, 5.74) is 3.87. The number of hydrogen-bond donors (Lipinski definition) is 1. The van der Waals surface area contributed by atoms with Crippen molar-refractivity contribution in [3.63, 3.8) is 0 Å². The number of nitrogens with zero attached hydrogens (tertiary/aromatic N) is 2. The van der Waals surface area contributed by atoms with Crippen LogP contribution in [-0.4, -0.2) is 24.4 Å². The molecule has 0 fully saturated rings. The largest absolute Gasteiger partial charge is 0.497 e. The van der Waals surface area contributed by atoms with E-state index in [2.05, 4.69) is 22.9 Å². The molecule has 1 N–H and O–H groups in total. The summed E-state index contributed by atoms with van der Waals surface area (Å²) in [5, 5.41) is 13.5. The summed E-state index contributed by atoms with van der Waals surface area (Å²) >= 11 is 0. The summed E-state index contributed by atoms with van der Waals surface area (Å²) in [4.78, 5) is 11.8. The molecule has 2 aromatic carbocycles. The number of nitriles is 1. The first-order valence-corrected chi connectivity index (χ1v) is 9.27. The molecule has 0 bridgehead atoms. The first-order chi connectivity index (χ1) is 13.6. The van der Waals surface area contributed by atoms with Crippen LogP contribution in [0, 0.1) is 11.3 Å². The molecule has 0 aliphatic rings. The van der Waals surface area contributed by atoms with Crippen molar-refractivity contribution in [3.05, 3.63) is 48.0 Å². The number of aryl methyl sites for hydroxylation is 1. The van der Waals surface area contributed by atoms with E-state index >= 15 is 0 Å². The summed E-state index contributed by atoms with van der Waals surface area (Å²) in [6, 6.07) is 15.5. The third-order valence-corrected chi connectivity index (χ3v) is 4.49. The highest BCUT2D eigenvalue weighted by atomic mass is 16.5. The Morgan fingerprint density at radius 3 is 2.71 bits per heavy atom. The van der Waals surface area contributed by atoms with Gasteiger partial charge in [0.05, 0.1) is 30.5 Å². The van der Waals surface area contributed by atoms with Crippen LogP contribution in [0.25, 0.3) is 22.2 Å². The normalized spacial score (nSPS) is 10.5. The van der Waals surface area contributed by atoms with Gasteiger partial charge in [-0.25, -0.2) is 4.79 Å². The van der Waals surface area contributed by atoms with Gasteiger partial charge in [-0.2, -0.15) is 5.26 Å². The second-order valence-corrected chi connectivity index (χ2v) is 6.30. The molecule has 0 aliphatic carbocycles. The van der Waals surface area contributed by atoms with Gasteiger partial charge >= 0.3 is 6.09 Å². The quantitative estimate of drug-likeness (QED) is 0.643. The average molecular weight is 377 g/mol. The molecule has 0 atom stereocenters. The highest BCUT2D eigenvalue weighted by Gasteiger charge is 2.19. The van der Waals surface area contributed by atoms with Crippen molar-refractivity contribution in [2.75, 3.05) is 19.0 Å². The Hall–Kier alpha value is -3.46. The van der Waals surface area contributed by atoms with Crippen molar-refractivity contribution in [1.29, 1.82) is 5.26 Å². The molecular weight excluding hydrogens is 354 g/mol. The molecule has 28 heavy (non-hydrogen) atoms. The molecule has 1 aromatic heterocycles. The zero-order chi connectivity index (χ0) is 20.1. The average Bonchev–Trinajstić information content (AvgIpc) is 3.01. The predicted molar refractivity (Wildman–Crippen MR) is 110 cm³/mol. The maximum atomic E-state index is 11.8. The van der Waals surface area contributed by atoms with E-state index in [4.69, 9.17) is 9.47 Å². The second-order valence-electron chi connectivity index (χ2n) is 6.30. The lowest BCUT2D eigenvalue weighted by Crippen LogP contribution is -2.13. The van der Waals surface area contributed by atoms with Gasteiger partial charge < -0.3 is 14.0 Å². The summed E-state index contributed by atoms with van der Waals surface area (Å²) in [6.07, 6.45) is 0.415. The molecule has 1 amide bonds. The summed E-state index contributed by atoms with van der Waals surface area (Å²) in [6.45, 7) is 4.92. The molecule has 0 radical (unpaired) electrons. The van der Waals surface area contributed by atoms with Crippen molar-refractivity contribution < 1.29 is 14.3 Å². The lowest BCUT2D eigenvalue weighted by atomic mass is 10.1. The van der Waals surface area contributed by atoms with E-state index in [0.717, 1.165) is 40.9 Å². The van der Waals surface area contributed by atoms with Gasteiger partial charge in [-0.3, -0.25) is 5.32 Å². The fourth-order valence-corrected chi connectivity index (χ4v) is 3.35. The van der Waals surface area contributed by atoms with Crippen LogP contribution in [0.1, 0.15) is 25.8 Å². The SMILES string of the molecule is CCCn1c(-c2cccc(NC(=O)OCC)c2)c(C#N)c2ccc(OC)cc21. The van der Waals surface area contributed by atoms with Gasteiger partial charge in [-0.1, -0.05) is 19.1 Å². The van der Waals surface area contributed by atoms with E-state index in [1.54, 1.807) is 20.1 Å². The zero-order valence-corrected chi connectivity index (χ0v) is 16.3. The number of benzene rings is 2. The van der Waals surface area contributed by atoms with Gasteiger partial charge in [0.15, 0.2) is 0 Å². The minimum atomic E-state index is -0.501. The summed E-state index contributed by atoms with van der Waals surface area (Å²) < 4.78 is 12.5. The van der Waals surface area contributed by atoms with Crippen molar-refractivity contribution >= 4 is 22.7 Å². The zero-order valence-electron chi connectivity index (χ0n) is 16.3. The van der Waals surface area contributed by atoms with Crippen LogP contribution in [0.5, 0.6) is 5.75 Å². The third-order valence-electron chi connectivity index (χ3n) is 4.49. The number of amides is 1. The number of methoxy groups -OCH3 is 1. The number of carbonyl (C=O) groups excluding carboxylic acids is 1. The molecule has 6 heteroatoms. The van der Waals surface area contributed by atoms with Crippen LogP contribution >= 0.6 is 0 Å². The standard InChI is InChI=1S/C22H23N3O3/c1-4-11-25-20-13-17(27-3)9-10-18(20)19(14-23)21(25)15-7-6-8-16(12-15)24-22(26)28-5-2/h6-10,12-13H,4-5,11H2,1-3H3,(H,24,26). The molecule has 0 spiro atoms. The van der Waals surface area contributed by atoms with E-state index in [1.807, 2.05) is 36.4 Å². The predicted octanol–water partition coefficient (Wildman–Crippen LogP) is 5.17. The fourth-order valence-electron chi connectivity index (χ4n) is 3.35. The Labute approximate surface area is 164 Å². The van der Waals surface area contributed by atoms with E-state index in [-0.39, 0.29) is 0 Å². The Kier molecular flexibility index (Phi) is 5.85. The van der Waals surface area contributed by atoms with Crippen LogP contribution in [-0.2, 0) is 11.3 Å². The summed E-state index contributed by atoms with van der Waals surface area (Å²) in [7, 11) is 1.63. The minimum Gasteiger partial charge on any atom is -0.497 e. The van der Waals surface area contributed by atoms with Gasteiger partial charge in [0.2, 0.25) is 0 Å². The molecule has 3 aromatic rings. The first kappa shape index (κ1) is 19.3. The number of anilines is 1. The van der Waals surface area contributed by atoms with Crippen molar-refractivity contribution in [2.45, 2.75) is 26.8 Å². The number of aromatic nitrogens is 1. The number of ether oxygens (including phenoxy) is 2. The third kappa shape index (κ3) is 3.65. The molecule has 0 aliphatic heterocycles. The molecule has 0 unspecified atom stereocenters. The molecule has 144 valence electrons. The number of hydrogen-bond acceptors (Lipinski definition) is 4. The topological polar surface area (TPSA) is 76.3 Å². The number of nitrogens with one attached hydrogen (secondary N) is 1. The second kappa shape index (κ2) is 8.49.